The Bertz CT molecular complexity index is 895. The van der Waals surface area contributed by atoms with Gasteiger partial charge in [0.25, 0.3) is 0 Å². The highest BCUT2D eigenvalue weighted by molar-refractivity contribution is 5.48. The van der Waals surface area contributed by atoms with Crippen LogP contribution in [0.1, 0.15) is 25.0 Å². The molecule has 0 atom stereocenters. The van der Waals surface area contributed by atoms with Crippen LogP contribution < -0.4 is 19.5 Å². The van der Waals surface area contributed by atoms with Crippen molar-refractivity contribution in [2.24, 2.45) is 0 Å². The predicted octanol–water partition coefficient (Wildman–Crippen LogP) is 5.81. The van der Waals surface area contributed by atoms with Crippen LogP contribution in [0, 0.1) is 5.82 Å². The number of ether oxygens (including phenoxy) is 3. The second-order valence-electron chi connectivity index (χ2n) is 6.44. The molecular formula is C24H26FNO3. The highest BCUT2D eigenvalue weighted by atomic mass is 19.1. The maximum atomic E-state index is 13.0. The van der Waals surface area contributed by atoms with E-state index in [9.17, 15) is 4.39 Å². The van der Waals surface area contributed by atoms with Crippen LogP contribution in [-0.2, 0) is 13.2 Å². The number of nitrogens with one attached hydrogen (secondary N) is 1. The van der Waals surface area contributed by atoms with E-state index in [4.69, 9.17) is 14.2 Å². The van der Waals surface area contributed by atoms with E-state index in [-0.39, 0.29) is 5.82 Å². The second-order valence-corrected chi connectivity index (χ2v) is 6.44. The largest absolute Gasteiger partial charge is 0.494 e. The lowest BCUT2D eigenvalue weighted by atomic mass is 10.2. The summed E-state index contributed by atoms with van der Waals surface area (Å²) < 4.78 is 30.1. The van der Waals surface area contributed by atoms with Crippen molar-refractivity contribution >= 4 is 5.69 Å². The van der Waals surface area contributed by atoms with Crippen molar-refractivity contribution in [3.63, 3.8) is 0 Å². The minimum Gasteiger partial charge on any atom is -0.494 e. The standard InChI is InChI=1S/C24H26FNO3/c1-3-27-22-12-10-21(11-13-22)26-16-19-7-14-23(24(15-19)28-4-2)29-17-18-5-8-20(25)9-6-18/h5-15,26H,3-4,16-17H2,1-2H3. The van der Waals surface area contributed by atoms with Crippen LogP contribution in [0.3, 0.4) is 0 Å². The highest BCUT2D eigenvalue weighted by Gasteiger charge is 2.08. The average molecular weight is 395 g/mol. The van der Waals surface area contributed by atoms with E-state index in [1.54, 1.807) is 12.1 Å². The van der Waals surface area contributed by atoms with Gasteiger partial charge in [-0.05, 0) is 73.5 Å². The molecule has 0 aliphatic carbocycles. The second kappa shape index (κ2) is 10.4. The van der Waals surface area contributed by atoms with Gasteiger partial charge in [0.1, 0.15) is 18.2 Å². The summed E-state index contributed by atoms with van der Waals surface area (Å²) in [6.45, 7) is 6.12. The normalized spacial score (nSPS) is 10.4. The number of hydrogen-bond acceptors (Lipinski definition) is 4. The fraction of sp³-hybridized carbons (Fsp3) is 0.250. The van der Waals surface area contributed by atoms with E-state index in [0.29, 0.717) is 37.9 Å². The summed E-state index contributed by atoms with van der Waals surface area (Å²) in [5, 5.41) is 3.39. The Balaban J connectivity index is 1.62. The zero-order valence-electron chi connectivity index (χ0n) is 16.8. The summed E-state index contributed by atoms with van der Waals surface area (Å²) in [5.74, 6) is 1.97. The van der Waals surface area contributed by atoms with Crippen molar-refractivity contribution in [2.45, 2.75) is 27.0 Å². The van der Waals surface area contributed by atoms with Gasteiger partial charge in [-0.25, -0.2) is 4.39 Å². The maximum Gasteiger partial charge on any atom is 0.161 e. The van der Waals surface area contributed by atoms with Gasteiger partial charge >= 0.3 is 0 Å². The molecule has 0 saturated heterocycles. The summed E-state index contributed by atoms with van der Waals surface area (Å²) in [6, 6.07) is 20.1. The van der Waals surface area contributed by atoms with Crippen LogP contribution in [0.25, 0.3) is 0 Å². The van der Waals surface area contributed by atoms with Crippen molar-refractivity contribution in [3.8, 4) is 17.2 Å². The van der Waals surface area contributed by atoms with Gasteiger partial charge in [-0.2, -0.15) is 0 Å². The van der Waals surface area contributed by atoms with Gasteiger partial charge in [0.2, 0.25) is 0 Å². The van der Waals surface area contributed by atoms with Crippen molar-refractivity contribution in [2.75, 3.05) is 18.5 Å². The summed E-state index contributed by atoms with van der Waals surface area (Å²) in [4.78, 5) is 0. The molecule has 0 amide bonds. The van der Waals surface area contributed by atoms with E-state index in [1.165, 1.54) is 12.1 Å². The summed E-state index contributed by atoms with van der Waals surface area (Å²) in [7, 11) is 0. The molecule has 0 radical (unpaired) electrons. The number of anilines is 1. The van der Waals surface area contributed by atoms with Crippen LogP contribution in [-0.4, -0.2) is 13.2 Å². The van der Waals surface area contributed by atoms with Crippen LogP contribution in [0.5, 0.6) is 17.2 Å². The third kappa shape index (κ3) is 6.14. The van der Waals surface area contributed by atoms with Crippen molar-refractivity contribution in [3.05, 3.63) is 83.7 Å². The molecule has 3 aromatic rings. The molecule has 0 heterocycles. The van der Waals surface area contributed by atoms with Crippen LogP contribution in [0.2, 0.25) is 0 Å². The van der Waals surface area contributed by atoms with E-state index >= 15 is 0 Å². The Labute approximate surface area is 171 Å². The van der Waals surface area contributed by atoms with E-state index in [1.807, 2.05) is 56.3 Å². The predicted molar refractivity (Wildman–Crippen MR) is 113 cm³/mol. The van der Waals surface area contributed by atoms with Crippen LogP contribution in [0.15, 0.2) is 66.7 Å². The molecule has 4 nitrogen and oxygen atoms in total. The lowest BCUT2D eigenvalue weighted by Crippen LogP contribution is -2.03. The minimum atomic E-state index is -0.256. The summed E-state index contributed by atoms with van der Waals surface area (Å²) >= 11 is 0. The molecule has 0 bridgehead atoms. The minimum absolute atomic E-state index is 0.256. The summed E-state index contributed by atoms with van der Waals surface area (Å²) in [6.07, 6.45) is 0. The molecule has 1 N–H and O–H groups in total. The third-order valence-corrected chi connectivity index (χ3v) is 4.28. The van der Waals surface area contributed by atoms with Gasteiger partial charge < -0.3 is 19.5 Å². The van der Waals surface area contributed by atoms with Gasteiger partial charge in [0.15, 0.2) is 11.5 Å². The lowest BCUT2D eigenvalue weighted by Gasteiger charge is -2.14. The first kappa shape index (κ1) is 20.5. The first-order valence-corrected chi connectivity index (χ1v) is 9.77. The molecule has 3 aromatic carbocycles. The Hall–Kier alpha value is -3.21. The Morgan fingerprint density at radius 3 is 2.10 bits per heavy atom. The molecule has 0 unspecified atom stereocenters. The van der Waals surface area contributed by atoms with Gasteiger partial charge in [-0.3, -0.25) is 0 Å². The first-order chi connectivity index (χ1) is 14.2. The highest BCUT2D eigenvalue weighted by Crippen LogP contribution is 2.30. The van der Waals surface area contributed by atoms with Gasteiger partial charge in [-0.1, -0.05) is 18.2 Å². The Morgan fingerprint density at radius 1 is 0.724 bits per heavy atom. The number of hydrogen-bond donors (Lipinski definition) is 1. The molecule has 152 valence electrons. The van der Waals surface area contributed by atoms with Gasteiger partial charge in [0.05, 0.1) is 13.2 Å². The fourth-order valence-corrected chi connectivity index (χ4v) is 2.83. The maximum absolute atomic E-state index is 13.0. The Morgan fingerprint density at radius 2 is 1.41 bits per heavy atom. The van der Waals surface area contributed by atoms with E-state index < -0.39 is 0 Å². The zero-order valence-corrected chi connectivity index (χ0v) is 16.8. The fourth-order valence-electron chi connectivity index (χ4n) is 2.83. The molecule has 0 aliphatic rings. The van der Waals surface area contributed by atoms with E-state index in [2.05, 4.69) is 5.32 Å². The lowest BCUT2D eigenvalue weighted by molar-refractivity contribution is 0.269. The quantitative estimate of drug-likeness (QED) is 0.470. The molecule has 0 aliphatic heterocycles. The molecule has 29 heavy (non-hydrogen) atoms. The zero-order chi connectivity index (χ0) is 20.5. The van der Waals surface area contributed by atoms with E-state index in [0.717, 1.165) is 22.6 Å². The molecule has 0 saturated carbocycles. The molecule has 3 rings (SSSR count). The third-order valence-electron chi connectivity index (χ3n) is 4.28. The number of halogens is 1. The van der Waals surface area contributed by atoms with Crippen LogP contribution in [0.4, 0.5) is 10.1 Å². The topological polar surface area (TPSA) is 39.7 Å². The number of benzene rings is 3. The molecule has 0 spiro atoms. The average Bonchev–Trinajstić information content (AvgIpc) is 2.74. The Kier molecular flexibility index (Phi) is 7.34. The van der Waals surface area contributed by atoms with Gasteiger partial charge in [0, 0.05) is 12.2 Å². The monoisotopic (exact) mass is 395 g/mol. The molecule has 0 fully saturated rings. The van der Waals surface area contributed by atoms with Crippen LogP contribution >= 0.6 is 0 Å². The smallest absolute Gasteiger partial charge is 0.161 e. The first-order valence-electron chi connectivity index (χ1n) is 9.77. The summed E-state index contributed by atoms with van der Waals surface area (Å²) in [5.41, 5.74) is 3.00. The van der Waals surface area contributed by atoms with Gasteiger partial charge in [-0.15, -0.1) is 0 Å². The number of rotatable bonds is 10. The molecular weight excluding hydrogens is 369 g/mol. The van der Waals surface area contributed by atoms with Crippen molar-refractivity contribution in [1.29, 1.82) is 0 Å². The van der Waals surface area contributed by atoms with Crippen molar-refractivity contribution < 1.29 is 18.6 Å². The molecule has 5 heteroatoms. The molecule has 0 aromatic heterocycles. The SMILES string of the molecule is CCOc1ccc(NCc2ccc(OCc3ccc(F)cc3)c(OCC)c2)cc1. The van der Waals surface area contributed by atoms with Crippen molar-refractivity contribution in [1.82, 2.24) is 0 Å².